The summed E-state index contributed by atoms with van der Waals surface area (Å²) in [4.78, 5) is 11.4. The van der Waals surface area contributed by atoms with Crippen molar-refractivity contribution in [1.82, 2.24) is 34.3 Å². The lowest BCUT2D eigenvalue weighted by Crippen LogP contribution is -2.34. The van der Waals surface area contributed by atoms with Crippen LogP contribution in [0.3, 0.4) is 0 Å². The van der Waals surface area contributed by atoms with E-state index in [9.17, 15) is 0 Å². The Balaban J connectivity index is 1.34. The van der Waals surface area contributed by atoms with Gasteiger partial charge < -0.3 is 0 Å². The van der Waals surface area contributed by atoms with Crippen molar-refractivity contribution in [3.63, 3.8) is 0 Å². The van der Waals surface area contributed by atoms with Crippen molar-refractivity contribution in [2.45, 2.75) is 38.8 Å². The van der Waals surface area contributed by atoms with Gasteiger partial charge in [0.05, 0.1) is 6.20 Å². The number of hydrogen-bond donors (Lipinski definition) is 0. The lowest BCUT2D eigenvalue weighted by Gasteiger charge is -2.30. The molecule has 7 nitrogen and oxygen atoms in total. The van der Waals surface area contributed by atoms with Gasteiger partial charge in [-0.15, -0.1) is 0 Å². The summed E-state index contributed by atoms with van der Waals surface area (Å²) in [6, 6.07) is 8.17. The van der Waals surface area contributed by atoms with Crippen LogP contribution < -0.4 is 0 Å². The molecular formula is C22H25N7. The van der Waals surface area contributed by atoms with Gasteiger partial charge in [0.25, 0.3) is 0 Å². The summed E-state index contributed by atoms with van der Waals surface area (Å²) >= 11 is 0. The molecule has 1 aliphatic heterocycles. The maximum absolute atomic E-state index is 4.83. The number of hydrogen-bond acceptors (Lipinski definition) is 5. The third-order valence-corrected chi connectivity index (χ3v) is 5.65. The average Bonchev–Trinajstić information content (AvgIpc) is 3.40. The Bertz CT molecular complexity index is 1100. The molecule has 1 atom stereocenters. The van der Waals surface area contributed by atoms with E-state index in [-0.39, 0.29) is 0 Å². The molecule has 5 heterocycles. The Morgan fingerprint density at radius 2 is 1.97 bits per heavy atom. The van der Waals surface area contributed by atoms with E-state index >= 15 is 0 Å². The molecule has 0 aliphatic carbocycles. The second kappa shape index (κ2) is 7.75. The second-order valence-electron chi connectivity index (χ2n) is 7.70. The fourth-order valence-corrected chi connectivity index (χ4v) is 4.12. The van der Waals surface area contributed by atoms with Crippen LogP contribution in [-0.4, -0.2) is 47.4 Å². The van der Waals surface area contributed by atoms with Gasteiger partial charge in [-0.3, -0.25) is 14.6 Å². The molecule has 5 rings (SSSR count). The quantitative estimate of drug-likeness (QED) is 0.525. The number of likely N-dealkylation sites (tertiary alicyclic amines) is 1. The molecule has 0 bridgehead atoms. The van der Waals surface area contributed by atoms with E-state index in [4.69, 9.17) is 10.1 Å². The molecule has 1 fully saturated rings. The van der Waals surface area contributed by atoms with E-state index < -0.39 is 0 Å². The Morgan fingerprint density at radius 3 is 2.79 bits per heavy atom. The van der Waals surface area contributed by atoms with E-state index in [1.54, 1.807) is 0 Å². The largest absolute Gasteiger partial charge is 0.298 e. The summed E-state index contributed by atoms with van der Waals surface area (Å²) < 4.78 is 3.90. The molecule has 1 aliphatic rings. The average molecular weight is 387 g/mol. The highest BCUT2D eigenvalue weighted by Crippen LogP contribution is 2.27. The van der Waals surface area contributed by atoms with Crippen molar-refractivity contribution in [2.75, 3.05) is 13.1 Å². The lowest BCUT2D eigenvalue weighted by atomic mass is 9.97. The molecule has 0 N–H and O–H groups in total. The van der Waals surface area contributed by atoms with Crippen LogP contribution >= 0.6 is 0 Å². The maximum Gasteiger partial charge on any atom is 0.156 e. The van der Waals surface area contributed by atoms with E-state index in [2.05, 4.69) is 40.4 Å². The number of rotatable bonds is 5. The third-order valence-electron chi connectivity index (χ3n) is 5.65. The summed E-state index contributed by atoms with van der Waals surface area (Å²) in [6.45, 7) is 6.08. The molecule has 0 amide bonds. The highest BCUT2D eigenvalue weighted by molar-refractivity contribution is 5.63. The smallest absolute Gasteiger partial charge is 0.156 e. The van der Waals surface area contributed by atoms with Gasteiger partial charge in [0.1, 0.15) is 0 Å². The summed E-state index contributed by atoms with van der Waals surface area (Å²) in [5.41, 5.74) is 4.43. The van der Waals surface area contributed by atoms with Crippen LogP contribution in [0.25, 0.3) is 16.8 Å². The molecule has 4 aromatic heterocycles. The van der Waals surface area contributed by atoms with E-state index in [1.165, 1.54) is 12.0 Å². The zero-order valence-corrected chi connectivity index (χ0v) is 16.6. The second-order valence-corrected chi connectivity index (χ2v) is 7.70. The summed E-state index contributed by atoms with van der Waals surface area (Å²) in [6.07, 6.45) is 12.1. The van der Waals surface area contributed by atoms with Crippen LogP contribution in [0.5, 0.6) is 0 Å². The maximum atomic E-state index is 4.83. The highest BCUT2D eigenvalue weighted by Gasteiger charge is 2.25. The van der Waals surface area contributed by atoms with Crippen LogP contribution in [0, 0.1) is 0 Å². The normalized spacial score (nSPS) is 17.8. The minimum Gasteiger partial charge on any atom is -0.298 e. The minimum atomic E-state index is 0.370. The monoisotopic (exact) mass is 387 g/mol. The van der Waals surface area contributed by atoms with Crippen LogP contribution in [0.15, 0.2) is 55.2 Å². The lowest BCUT2D eigenvalue weighted by molar-refractivity contribution is 0.196. The number of aromatic nitrogens is 6. The summed E-state index contributed by atoms with van der Waals surface area (Å²) in [7, 11) is 0. The fraction of sp³-hybridized carbons (Fsp3) is 0.364. The number of pyridine rings is 2. The van der Waals surface area contributed by atoms with E-state index in [0.717, 1.165) is 55.2 Å². The van der Waals surface area contributed by atoms with Crippen LogP contribution in [0.4, 0.5) is 0 Å². The zero-order chi connectivity index (χ0) is 19.6. The van der Waals surface area contributed by atoms with Crippen LogP contribution in [0.1, 0.15) is 37.1 Å². The number of nitrogens with zero attached hydrogens (tertiary/aromatic N) is 7. The molecule has 7 heteroatoms. The minimum absolute atomic E-state index is 0.370. The first kappa shape index (κ1) is 18.0. The molecular weight excluding hydrogens is 362 g/mol. The van der Waals surface area contributed by atoms with Crippen molar-refractivity contribution in [1.29, 1.82) is 0 Å². The van der Waals surface area contributed by atoms with Gasteiger partial charge in [-0.1, -0.05) is 0 Å². The molecule has 0 radical (unpaired) electrons. The molecule has 29 heavy (non-hydrogen) atoms. The molecule has 0 spiro atoms. The predicted molar refractivity (Wildman–Crippen MR) is 111 cm³/mol. The highest BCUT2D eigenvalue weighted by atomic mass is 15.3. The van der Waals surface area contributed by atoms with Gasteiger partial charge in [0, 0.05) is 61.5 Å². The molecule has 0 unspecified atom stereocenters. The molecule has 4 aromatic rings. The first-order valence-corrected chi connectivity index (χ1v) is 10.3. The van der Waals surface area contributed by atoms with Gasteiger partial charge >= 0.3 is 0 Å². The Kier molecular flexibility index (Phi) is 4.81. The van der Waals surface area contributed by atoms with E-state index in [1.807, 2.05) is 46.0 Å². The van der Waals surface area contributed by atoms with Crippen molar-refractivity contribution in [3.05, 3.63) is 66.6 Å². The van der Waals surface area contributed by atoms with Crippen molar-refractivity contribution in [3.8, 4) is 11.1 Å². The van der Waals surface area contributed by atoms with Gasteiger partial charge in [0.2, 0.25) is 0 Å². The fourth-order valence-electron chi connectivity index (χ4n) is 4.12. The van der Waals surface area contributed by atoms with Gasteiger partial charge in [-0.2, -0.15) is 10.2 Å². The number of aryl methyl sites for hydroxylation is 1. The van der Waals surface area contributed by atoms with Crippen molar-refractivity contribution >= 4 is 5.65 Å². The summed E-state index contributed by atoms with van der Waals surface area (Å²) in [5.74, 6) is 1.32. The van der Waals surface area contributed by atoms with Crippen LogP contribution in [0.2, 0.25) is 0 Å². The zero-order valence-electron chi connectivity index (χ0n) is 16.6. The number of fused-ring (bicyclic) bond motifs is 1. The Labute approximate surface area is 170 Å². The van der Waals surface area contributed by atoms with Crippen molar-refractivity contribution in [2.24, 2.45) is 0 Å². The van der Waals surface area contributed by atoms with E-state index in [0.29, 0.717) is 5.92 Å². The van der Waals surface area contributed by atoms with Gasteiger partial charge in [-0.25, -0.2) is 9.50 Å². The first-order valence-electron chi connectivity index (χ1n) is 10.3. The molecule has 0 saturated carbocycles. The van der Waals surface area contributed by atoms with Crippen LogP contribution in [-0.2, 0) is 13.1 Å². The topological polar surface area (TPSA) is 64.1 Å². The SMILES string of the molecule is CCn1cc(CN2CCC[C@H](c3nc4ccc(-c5ccncc5)cn4n3)C2)cn1. The Hall–Kier alpha value is -3.06. The summed E-state index contributed by atoms with van der Waals surface area (Å²) in [5, 5.41) is 9.23. The van der Waals surface area contributed by atoms with Gasteiger partial charge in [-0.05, 0) is 56.1 Å². The van der Waals surface area contributed by atoms with Crippen molar-refractivity contribution < 1.29 is 0 Å². The first-order chi connectivity index (χ1) is 14.3. The molecule has 148 valence electrons. The predicted octanol–water partition coefficient (Wildman–Crippen LogP) is 3.39. The third kappa shape index (κ3) is 3.78. The molecule has 0 aromatic carbocycles. The standard InChI is InChI=1S/C22H25N7/c1-2-28-14-17(12-24-28)13-27-11-3-4-20(15-27)22-25-21-6-5-19(16-29(21)26-22)18-7-9-23-10-8-18/h5-10,12,14,16,20H,2-4,11,13,15H2,1H3/t20-/m0/s1. The molecule has 1 saturated heterocycles. The number of piperidine rings is 1. The Morgan fingerprint density at radius 1 is 1.07 bits per heavy atom. The van der Waals surface area contributed by atoms with Gasteiger partial charge in [0.15, 0.2) is 11.5 Å².